The lowest BCUT2D eigenvalue weighted by atomic mass is 9.95. The summed E-state index contributed by atoms with van der Waals surface area (Å²) in [4.78, 5) is 14.2. The Hall–Kier alpha value is -0.670. The van der Waals surface area contributed by atoms with Gasteiger partial charge >= 0.3 is 0 Å². The zero-order chi connectivity index (χ0) is 17.9. The van der Waals surface area contributed by atoms with E-state index < -0.39 is 10.0 Å². The van der Waals surface area contributed by atoms with Crippen molar-refractivity contribution in [2.24, 2.45) is 0 Å². The molecule has 1 aromatic rings. The first-order valence-corrected chi connectivity index (χ1v) is 11.4. The smallest absolute Gasteiger partial charge is 0.252 e. The molecule has 0 spiro atoms. The molecule has 140 valence electrons. The molecular formula is C16H24ClN3O3S2. The number of rotatable bonds is 5. The van der Waals surface area contributed by atoms with Gasteiger partial charge in [0, 0.05) is 32.2 Å². The number of amides is 1. The molecule has 1 saturated carbocycles. The van der Waals surface area contributed by atoms with E-state index in [9.17, 15) is 13.2 Å². The summed E-state index contributed by atoms with van der Waals surface area (Å²) in [5.74, 6) is 0.0493. The van der Waals surface area contributed by atoms with Crippen molar-refractivity contribution in [3.8, 4) is 0 Å². The number of carbonyl (C=O) groups excluding carboxylic acids is 1. The summed E-state index contributed by atoms with van der Waals surface area (Å²) in [6.45, 7) is 2.27. The molecule has 25 heavy (non-hydrogen) atoms. The summed E-state index contributed by atoms with van der Waals surface area (Å²) in [5, 5.41) is 3.11. The molecule has 1 aliphatic carbocycles. The van der Waals surface area contributed by atoms with Gasteiger partial charge in [-0.2, -0.15) is 4.31 Å². The molecule has 3 rings (SSSR count). The van der Waals surface area contributed by atoms with Crippen molar-refractivity contribution in [1.82, 2.24) is 14.5 Å². The molecule has 1 aromatic heterocycles. The maximum Gasteiger partial charge on any atom is 0.252 e. The van der Waals surface area contributed by atoms with Gasteiger partial charge in [0.2, 0.25) is 5.91 Å². The highest BCUT2D eigenvalue weighted by atomic mass is 35.5. The van der Waals surface area contributed by atoms with Crippen molar-refractivity contribution in [2.45, 2.75) is 42.4 Å². The first-order valence-electron chi connectivity index (χ1n) is 8.72. The van der Waals surface area contributed by atoms with E-state index >= 15 is 0 Å². The number of halogens is 1. The highest BCUT2D eigenvalue weighted by Gasteiger charge is 2.30. The molecule has 0 unspecified atom stereocenters. The number of piperazine rings is 1. The number of hydrogen-bond donors (Lipinski definition) is 1. The van der Waals surface area contributed by atoms with Crippen LogP contribution in [0.3, 0.4) is 0 Å². The Bertz CT molecular complexity index is 693. The third-order valence-electron chi connectivity index (χ3n) is 4.81. The van der Waals surface area contributed by atoms with Crippen molar-refractivity contribution in [1.29, 1.82) is 0 Å². The van der Waals surface area contributed by atoms with Gasteiger partial charge in [0.15, 0.2) is 0 Å². The van der Waals surface area contributed by atoms with Crippen molar-refractivity contribution in [3.05, 3.63) is 16.5 Å². The van der Waals surface area contributed by atoms with Crippen molar-refractivity contribution < 1.29 is 13.2 Å². The zero-order valence-electron chi connectivity index (χ0n) is 14.1. The average molecular weight is 406 g/mol. The Labute approximate surface area is 158 Å². The predicted octanol–water partition coefficient (Wildman–Crippen LogP) is 2.16. The molecular weight excluding hydrogens is 382 g/mol. The molecule has 0 radical (unpaired) electrons. The van der Waals surface area contributed by atoms with E-state index in [4.69, 9.17) is 11.6 Å². The predicted molar refractivity (Wildman–Crippen MR) is 99.5 cm³/mol. The quantitative estimate of drug-likeness (QED) is 0.814. The van der Waals surface area contributed by atoms with Gasteiger partial charge in [-0.1, -0.05) is 30.9 Å². The van der Waals surface area contributed by atoms with E-state index in [2.05, 4.69) is 5.32 Å². The van der Waals surface area contributed by atoms with Crippen LogP contribution in [0.5, 0.6) is 0 Å². The lowest BCUT2D eigenvalue weighted by Gasteiger charge is -2.33. The third kappa shape index (κ3) is 4.95. The molecule has 2 fully saturated rings. The van der Waals surface area contributed by atoms with Gasteiger partial charge < -0.3 is 5.32 Å². The Morgan fingerprint density at radius 2 is 1.84 bits per heavy atom. The minimum atomic E-state index is -3.48. The van der Waals surface area contributed by atoms with Crippen LogP contribution >= 0.6 is 22.9 Å². The van der Waals surface area contributed by atoms with Gasteiger partial charge in [-0.3, -0.25) is 9.69 Å². The Morgan fingerprint density at radius 3 is 2.44 bits per heavy atom. The average Bonchev–Trinajstić information content (AvgIpc) is 3.03. The first-order chi connectivity index (χ1) is 11.9. The number of thiophene rings is 1. The van der Waals surface area contributed by atoms with Gasteiger partial charge in [-0.05, 0) is 25.0 Å². The van der Waals surface area contributed by atoms with Gasteiger partial charge in [-0.15, -0.1) is 11.3 Å². The molecule has 9 heteroatoms. The largest absolute Gasteiger partial charge is 0.352 e. The van der Waals surface area contributed by atoms with Crippen LogP contribution in [-0.4, -0.2) is 62.3 Å². The minimum Gasteiger partial charge on any atom is -0.352 e. The second-order valence-corrected chi connectivity index (χ2v) is 10.5. The number of nitrogens with one attached hydrogen (secondary N) is 1. The summed E-state index contributed by atoms with van der Waals surface area (Å²) < 4.78 is 27.4. The second-order valence-electron chi connectivity index (χ2n) is 6.64. The molecule has 1 amide bonds. The maximum atomic E-state index is 12.6. The summed E-state index contributed by atoms with van der Waals surface area (Å²) in [7, 11) is -3.48. The fraction of sp³-hybridized carbons (Fsp3) is 0.688. The Kier molecular flexibility index (Phi) is 6.38. The number of nitrogens with zero attached hydrogens (tertiary/aromatic N) is 2. The summed E-state index contributed by atoms with van der Waals surface area (Å²) in [6.07, 6.45) is 5.78. The lowest BCUT2D eigenvalue weighted by Crippen LogP contribution is -2.51. The van der Waals surface area contributed by atoms with E-state index in [0.717, 1.165) is 24.2 Å². The molecule has 1 N–H and O–H groups in total. The Morgan fingerprint density at radius 1 is 1.16 bits per heavy atom. The highest BCUT2D eigenvalue weighted by Crippen LogP contribution is 2.28. The number of carbonyl (C=O) groups is 1. The van der Waals surface area contributed by atoms with Crippen molar-refractivity contribution in [2.75, 3.05) is 32.7 Å². The second kappa shape index (κ2) is 8.35. The molecule has 1 saturated heterocycles. The topological polar surface area (TPSA) is 69.7 Å². The third-order valence-corrected chi connectivity index (χ3v) is 8.41. The van der Waals surface area contributed by atoms with Crippen molar-refractivity contribution in [3.63, 3.8) is 0 Å². The fourth-order valence-corrected chi connectivity index (χ4v) is 6.47. The first kappa shape index (κ1) is 19.1. The van der Waals surface area contributed by atoms with E-state index in [1.807, 2.05) is 4.90 Å². The van der Waals surface area contributed by atoms with Crippen LogP contribution in [0.4, 0.5) is 0 Å². The molecule has 6 nitrogen and oxygen atoms in total. The normalized spacial score (nSPS) is 21.3. The van der Waals surface area contributed by atoms with Crippen LogP contribution < -0.4 is 5.32 Å². The minimum absolute atomic E-state index is 0.0493. The molecule has 0 atom stereocenters. The van der Waals surface area contributed by atoms with Crippen LogP contribution in [0.1, 0.15) is 32.1 Å². The standard InChI is InChI=1S/C16H24ClN3O3S2/c17-14-6-7-16(24-14)25(22,23)20-10-8-19(9-11-20)12-15(21)18-13-4-2-1-3-5-13/h6-7,13H,1-5,8-12H2,(H,18,21). The highest BCUT2D eigenvalue weighted by molar-refractivity contribution is 7.91. The number of sulfonamides is 1. The summed E-state index contributed by atoms with van der Waals surface area (Å²) in [6, 6.07) is 3.46. The van der Waals surface area contributed by atoms with Crippen LogP contribution in [0.25, 0.3) is 0 Å². The van der Waals surface area contributed by atoms with E-state index in [1.165, 1.54) is 23.6 Å². The molecule has 0 aromatic carbocycles. The zero-order valence-corrected chi connectivity index (χ0v) is 16.5. The number of hydrogen-bond acceptors (Lipinski definition) is 5. The van der Waals surface area contributed by atoms with Crippen LogP contribution in [0.15, 0.2) is 16.3 Å². The van der Waals surface area contributed by atoms with Crippen molar-refractivity contribution >= 4 is 38.9 Å². The lowest BCUT2D eigenvalue weighted by molar-refractivity contribution is -0.123. The Balaban J connectivity index is 1.47. The molecule has 2 heterocycles. The van der Waals surface area contributed by atoms with Crippen LogP contribution in [-0.2, 0) is 14.8 Å². The fourth-order valence-electron chi connectivity index (χ4n) is 3.41. The van der Waals surface area contributed by atoms with Crippen LogP contribution in [0.2, 0.25) is 4.34 Å². The van der Waals surface area contributed by atoms with Gasteiger partial charge in [0.1, 0.15) is 4.21 Å². The van der Waals surface area contributed by atoms with Crippen LogP contribution in [0, 0.1) is 0 Å². The van der Waals surface area contributed by atoms with E-state index in [1.54, 1.807) is 12.1 Å². The van der Waals surface area contributed by atoms with Gasteiger partial charge in [-0.25, -0.2) is 8.42 Å². The summed E-state index contributed by atoms with van der Waals surface area (Å²) in [5.41, 5.74) is 0. The van der Waals surface area contributed by atoms with Gasteiger partial charge in [0.05, 0.1) is 10.9 Å². The monoisotopic (exact) mass is 405 g/mol. The SMILES string of the molecule is O=C(CN1CCN(S(=O)(=O)c2ccc(Cl)s2)CC1)NC1CCCCC1. The van der Waals surface area contributed by atoms with E-state index in [0.29, 0.717) is 43.1 Å². The molecule has 0 bridgehead atoms. The van der Waals surface area contributed by atoms with E-state index in [-0.39, 0.29) is 10.1 Å². The molecule has 1 aliphatic heterocycles. The van der Waals surface area contributed by atoms with Gasteiger partial charge in [0.25, 0.3) is 10.0 Å². The maximum absolute atomic E-state index is 12.6. The molecule has 2 aliphatic rings. The summed E-state index contributed by atoms with van der Waals surface area (Å²) >= 11 is 6.93.